The number of aliphatic hydroxyl groups excluding tert-OH is 1. The van der Waals surface area contributed by atoms with E-state index in [-0.39, 0.29) is 12.0 Å². The molecular weight excluding hydrogens is 324 g/mol. The Bertz CT molecular complexity index is 698. The van der Waals surface area contributed by atoms with E-state index in [0.29, 0.717) is 6.04 Å². The Morgan fingerprint density at radius 3 is 2.54 bits per heavy atom. The highest BCUT2D eigenvalue weighted by molar-refractivity contribution is 5.47. The normalized spacial score (nSPS) is 24.9. The fourth-order valence-corrected chi connectivity index (χ4v) is 4.33. The number of aryl methyl sites for hydroxylation is 1. The maximum Gasteiger partial charge on any atom is 0.0711 e. The highest BCUT2D eigenvalue weighted by Gasteiger charge is 2.36. The molecule has 5 nitrogen and oxygen atoms in total. The van der Waals surface area contributed by atoms with Gasteiger partial charge in [-0.05, 0) is 38.3 Å². The molecule has 5 heteroatoms. The van der Waals surface area contributed by atoms with Crippen molar-refractivity contribution in [3.8, 4) is 0 Å². The molecule has 3 heterocycles. The Hall–Kier alpha value is -1.98. The third-order valence-corrected chi connectivity index (χ3v) is 5.90. The first-order valence-electron chi connectivity index (χ1n) is 9.67. The summed E-state index contributed by atoms with van der Waals surface area (Å²) in [5, 5.41) is 10.5. The van der Waals surface area contributed by atoms with E-state index in [1.165, 1.54) is 24.1 Å². The van der Waals surface area contributed by atoms with Crippen molar-refractivity contribution in [2.45, 2.75) is 38.3 Å². The summed E-state index contributed by atoms with van der Waals surface area (Å²) in [6.45, 7) is 6.07. The quantitative estimate of drug-likeness (QED) is 0.915. The van der Waals surface area contributed by atoms with Gasteiger partial charge in [0, 0.05) is 62.4 Å². The molecule has 2 aliphatic heterocycles. The number of nitrogens with zero attached hydrogens (tertiary/aromatic N) is 4. The van der Waals surface area contributed by atoms with Crippen LogP contribution in [0.15, 0.2) is 42.9 Å². The number of anilines is 1. The van der Waals surface area contributed by atoms with Gasteiger partial charge in [0.15, 0.2) is 0 Å². The van der Waals surface area contributed by atoms with E-state index in [1.807, 2.05) is 6.20 Å². The molecule has 0 saturated carbocycles. The van der Waals surface area contributed by atoms with Gasteiger partial charge in [0.1, 0.15) is 0 Å². The van der Waals surface area contributed by atoms with Crippen molar-refractivity contribution in [2.24, 2.45) is 5.92 Å². The molecule has 2 aliphatic rings. The maximum atomic E-state index is 10.5. The number of benzene rings is 1. The van der Waals surface area contributed by atoms with Crippen molar-refractivity contribution in [2.75, 3.05) is 31.1 Å². The fraction of sp³-hybridized carbons (Fsp3) is 0.524. The molecule has 0 radical (unpaired) electrons. The summed E-state index contributed by atoms with van der Waals surface area (Å²) >= 11 is 0. The Labute approximate surface area is 155 Å². The summed E-state index contributed by atoms with van der Waals surface area (Å²) in [5.41, 5.74) is 3.62. The number of hydrogen-bond donors (Lipinski definition) is 1. The lowest BCUT2D eigenvalue weighted by Gasteiger charge is -2.38. The van der Waals surface area contributed by atoms with Gasteiger partial charge in [-0.1, -0.05) is 17.7 Å². The largest absolute Gasteiger partial charge is 0.391 e. The number of likely N-dealkylation sites (tertiary alicyclic amines) is 1. The number of rotatable bonds is 4. The predicted molar refractivity (Wildman–Crippen MR) is 103 cm³/mol. The summed E-state index contributed by atoms with van der Waals surface area (Å²) in [5.74, 6) is 0.266. The monoisotopic (exact) mass is 352 g/mol. The average molecular weight is 352 g/mol. The Kier molecular flexibility index (Phi) is 5.18. The van der Waals surface area contributed by atoms with Crippen LogP contribution in [0.3, 0.4) is 0 Å². The molecule has 4 rings (SSSR count). The van der Waals surface area contributed by atoms with E-state index in [1.54, 1.807) is 12.4 Å². The summed E-state index contributed by atoms with van der Waals surface area (Å²) in [7, 11) is 0. The van der Waals surface area contributed by atoms with Gasteiger partial charge in [-0.15, -0.1) is 0 Å². The third kappa shape index (κ3) is 3.89. The van der Waals surface area contributed by atoms with Crippen molar-refractivity contribution in [1.29, 1.82) is 0 Å². The molecule has 1 aromatic heterocycles. The second kappa shape index (κ2) is 7.72. The topological polar surface area (TPSA) is 52.5 Å². The van der Waals surface area contributed by atoms with Crippen molar-refractivity contribution in [3.63, 3.8) is 0 Å². The molecule has 0 bridgehead atoms. The van der Waals surface area contributed by atoms with Crippen molar-refractivity contribution < 1.29 is 5.11 Å². The first-order valence-corrected chi connectivity index (χ1v) is 9.67. The standard InChI is InChI=1S/C21H28N4O/c1-16-2-4-19(5-3-16)24-10-6-20(7-11-24)25-14-17(21(26)15-25)12-18-13-22-8-9-23-18/h2-5,8-9,13,17,20-21,26H,6-7,10-12,14-15H2,1H3/t17-,21-/m1/s1. The van der Waals surface area contributed by atoms with Gasteiger partial charge < -0.3 is 10.0 Å². The molecule has 26 heavy (non-hydrogen) atoms. The summed E-state index contributed by atoms with van der Waals surface area (Å²) in [6.07, 6.45) is 8.13. The predicted octanol–water partition coefficient (Wildman–Crippen LogP) is 2.29. The molecule has 2 saturated heterocycles. The summed E-state index contributed by atoms with van der Waals surface area (Å²) in [4.78, 5) is 13.5. The van der Waals surface area contributed by atoms with Gasteiger partial charge in [-0.25, -0.2) is 0 Å². The van der Waals surface area contributed by atoms with Crippen LogP contribution in [0.1, 0.15) is 24.1 Å². The van der Waals surface area contributed by atoms with Crippen LogP contribution in [0, 0.1) is 12.8 Å². The maximum absolute atomic E-state index is 10.5. The minimum absolute atomic E-state index is 0.257. The van der Waals surface area contributed by atoms with E-state index in [4.69, 9.17) is 0 Å². The Morgan fingerprint density at radius 1 is 1.08 bits per heavy atom. The first-order chi connectivity index (χ1) is 12.7. The van der Waals surface area contributed by atoms with E-state index in [9.17, 15) is 5.11 Å². The van der Waals surface area contributed by atoms with E-state index < -0.39 is 0 Å². The number of aromatic nitrogens is 2. The lowest BCUT2D eigenvalue weighted by Crippen LogP contribution is -2.44. The summed E-state index contributed by atoms with van der Waals surface area (Å²) < 4.78 is 0. The molecule has 2 aromatic rings. The molecule has 0 unspecified atom stereocenters. The molecule has 2 fully saturated rings. The highest BCUT2D eigenvalue weighted by atomic mass is 16.3. The first kappa shape index (κ1) is 17.4. The average Bonchev–Trinajstić information content (AvgIpc) is 3.04. The van der Waals surface area contributed by atoms with Gasteiger partial charge in [0.2, 0.25) is 0 Å². The van der Waals surface area contributed by atoms with Crippen LogP contribution in [0.5, 0.6) is 0 Å². The second-order valence-corrected chi connectivity index (χ2v) is 7.74. The number of hydrogen-bond acceptors (Lipinski definition) is 5. The van der Waals surface area contributed by atoms with E-state index in [2.05, 4.69) is 51.0 Å². The van der Waals surface area contributed by atoms with Crippen molar-refractivity contribution >= 4 is 5.69 Å². The molecule has 0 amide bonds. The van der Waals surface area contributed by atoms with Crippen molar-refractivity contribution in [1.82, 2.24) is 14.9 Å². The molecule has 0 spiro atoms. The molecule has 1 N–H and O–H groups in total. The van der Waals surface area contributed by atoms with Crippen molar-refractivity contribution in [3.05, 3.63) is 54.1 Å². The lowest BCUT2D eigenvalue weighted by atomic mass is 10.00. The Morgan fingerprint density at radius 2 is 1.85 bits per heavy atom. The molecule has 0 aliphatic carbocycles. The van der Waals surface area contributed by atoms with Crippen LogP contribution >= 0.6 is 0 Å². The SMILES string of the molecule is Cc1ccc(N2CCC(N3C[C@@H](Cc4cnccn4)[C@H](O)C3)CC2)cc1. The van der Waals surface area contributed by atoms with Crippen LogP contribution in [0.2, 0.25) is 0 Å². The number of piperidine rings is 1. The summed E-state index contributed by atoms with van der Waals surface area (Å²) in [6, 6.07) is 9.42. The smallest absolute Gasteiger partial charge is 0.0711 e. The zero-order valence-corrected chi connectivity index (χ0v) is 15.5. The van der Waals surface area contributed by atoms with Crippen LogP contribution in [0.25, 0.3) is 0 Å². The minimum atomic E-state index is -0.257. The molecule has 138 valence electrons. The third-order valence-electron chi connectivity index (χ3n) is 5.90. The van der Waals surface area contributed by atoms with Crippen LogP contribution in [0.4, 0.5) is 5.69 Å². The highest BCUT2D eigenvalue weighted by Crippen LogP contribution is 2.28. The molecule has 1 aromatic carbocycles. The minimum Gasteiger partial charge on any atom is -0.391 e. The van der Waals surface area contributed by atoms with Crippen LogP contribution in [-0.2, 0) is 6.42 Å². The van der Waals surface area contributed by atoms with Crippen LogP contribution < -0.4 is 4.90 Å². The van der Waals surface area contributed by atoms with E-state index >= 15 is 0 Å². The van der Waals surface area contributed by atoms with Gasteiger partial charge in [-0.3, -0.25) is 14.9 Å². The zero-order chi connectivity index (χ0) is 17.9. The van der Waals surface area contributed by atoms with Gasteiger partial charge in [0.05, 0.1) is 11.8 Å². The molecular formula is C21H28N4O. The van der Waals surface area contributed by atoms with Gasteiger partial charge >= 0.3 is 0 Å². The Balaban J connectivity index is 1.31. The van der Waals surface area contributed by atoms with Gasteiger partial charge in [-0.2, -0.15) is 0 Å². The number of aliphatic hydroxyl groups is 1. The lowest BCUT2D eigenvalue weighted by molar-refractivity contribution is 0.131. The number of β-amino-alcohol motifs (C(OH)–C–C–N with tert-alkyl or cyclic N) is 1. The zero-order valence-electron chi connectivity index (χ0n) is 15.5. The fourth-order valence-electron chi connectivity index (χ4n) is 4.33. The second-order valence-electron chi connectivity index (χ2n) is 7.74. The van der Waals surface area contributed by atoms with Crippen LogP contribution in [-0.4, -0.2) is 58.3 Å². The van der Waals surface area contributed by atoms with E-state index in [0.717, 1.165) is 38.3 Å². The van der Waals surface area contributed by atoms with Gasteiger partial charge in [0.25, 0.3) is 0 Å². The molecule has 2 atom stereocenters.